The van der Waals surface area contributed by atoms with Crippen LogP contribution in [0.2, 0.25) is 0 Å². The van der Waals surface area contributed by atoms with Gasteiger partial charge in [-0.1, -0.05) is 12.1 Å². The first-order valence-corrected chi connectivity index (χ1v) is 6.84. The Hall–Kier alpha value is -2.40. The first kappa shape index (κ1) is 13.6. The number of rotatable bonds is 3. The van der Waals surface area contributed by atoms with Crippen molar-refractivity contribution in [2.45, 2.75) is 20.4 Å². The zero-order valence-corrected chi connectivity index (χ0v) is 12.4. The molecule has 3 rings (SSSR count). The van der Waals surface area contributed by atoms with Crippen molar-refractivity contribution in [3.63, 3.8) is 0 Å². The molecule has 0 saturated heterocycles. The standard InChI is InChI=1S/C16H18N4O/c1-10-6-12(8-17)7-11(2)15(10)21-16-14-13(4-5-18-16)20(3)9-19-14/h4-7,9H,8,17H2,1-3H3. The van der Waals surface area contributed by atoms with Crippen molar-refractivity contribution in [2.24, 2.45) is 12.8 Å². The lowest BCUT2D eigenvalue weighted by Crippen LogP contribution is -2.00. The number of benzene rings is 1. The number of pyridine rings is 1. The molecule has 0 radical (unpaired) electrons. The van der Waals surface area contributed by atoms with Crippen LogP contribution in [0.1, 0.15) is 16.7 Å². The third kappa shape index (κ3) is 2.36. The van der Waals surface area contributed by atoms with Gasteiger partial charge in [-0.3, -0.25) is 0 Å². The average Bonchev–Trinajstić information content (AvgIpc) is 2.85. The number of hydrogen-bond acceptors (Lipinski definition) is 4. The summed E-state index contributed by atoms with van der Waals surface area (Å²) in [4.78, 5) is 8.68. The van der Waals surface area contributed by atoms with Crippen LogP contribution in [0, 0.1) is 13.8 Å². The Kier molecular flexibility index (Phi) is 3.35. The van der Waals surface area contributed by atoms with Crippen LogP contribution in [0.4, 0.5) is 0 Å². The quantitative estimate of drug-likeness (QED) is 0.802. The van der Waals surface area contributed by atoms with Gasteiger partial charge in [0.1, 0.15) is 5.75 Å². The van der Waals surface area contributed by atoms with Crippen LogP contribution < -0.4 is 10.5 Å². The van der Waals surface area contributed by atoms with Crippen molar-refractivity contribution in [1.29, 1.82) is 0 Å². The van der Waals surface area contributed by atoms with Crippen molar-refractivity contribution in [2.75, 3.05) is 0 Å². The van der Waals surface area contributed by atoms with Crippen LogP contribution in [-0.4, -0.2) is 14.5 Å². The molecule has 5 heteroatoms. The van der Waals surface area contributed by atoms with Gasteiger partial charge in [0.2, 0.25) is 5.88 Å². The van der Waals surface area contributed by atoms with E-state index >= 15 is 0 Å². The van der Waals surface area contributed by atoms with Crippen LogP contribution >= 0.6 is 0 Å². The minimum atomic E-state index is 0.524. The van der Waals surface area contributed by atoms with Crippen molar-refractivity contribution in [3.8, 4) is 11.6 Å². The summed E-state index contributed by atoms with van der Waals surface area (Å²) in [5.74, 6) is 1.35. The summed E-state index contributed by atoms with van der Waals surface area (Å²) in [6, 6.07) is 6.01. The van der Waals surface area contributed by atoms with Gasteiger partial charge < -0.3 is 15.0 Å². The third-order valence-electron chi connectivity index (χ3n) is 3.56. The Morgan fingerprint density at radius 3 is 2.57 bits per heavy atom. The second kappa shape index (κ2) is 5.18. The van der Waals surface area contributed by atoms with E-state index in [1.807, 2.05) is 43.7 Å². The summed E-state index contributed by atoms with van der Waals surface area (Å²) in [5.41, 5.74) is 10.7. The monoisotopic (exact) mass is 282 g/mol. The van der Waals surface area contributed by atoms with Gasteiger partial charge in [-0.2, -0.15) is 0 Å². The highest BCUT2D eigenvalue weighted by atomic mass is 16.5. The second-order valence-corrected chi connectivity index (χ2v) is 5.20. The summed E-state index contributed by atoms with van der Waals surface area (Å²) in [6.07, 6.45) is 3.49. The van der Waals surface area contributed by atoms with E-state index in [0.717, 1.165) is 33.5 Å². The molecule has 0 aliphatic rings. The molecule has 2 heterocycles. The topological polar surface area (TPSA) is 66.0 Å². The molecule has 0 aliphatic heterocycles. The van der Waals surface area contributed by atoms with Crippen LogP contribution in [0.5, 0.6) is 11.6 Å². The number of nitrogens with two attached hydrogens (primary N) is 1. The molecule has 0 saturated carbocycles. The average molecular weight is 282 g/mol. The zero-order chi connectivity index (χ0) is 15.0. The molecule has 0 spiro atoms. The fourth-order valence-corrected chi connectivity index (χ4v) is 2.53. The number of fused-ring (bicyclic) bond motifs is 1. The second-order valence-electron chi connectivity index (χ2n) is 5.20. The predicted molar refractivity (Wildman–Crippen MR) is 82.4 cm³/mol. The Labute approximate surface area is 123 Å². The summed E-state index contributed by atoms with van der Waals surface area (Å²) < 4.78 is 7.98. The smallest absolute Gasteiger partial charge is 0.247 e. The third-order valence-corrected chi connectivity index (χ3v) is 3.56. The van der Waals surface area contributed by atoms with Crippen molar-refractivity contribution >= 4 is 11.0 Å². The predicted octanol–water partition coefficient (Wildman–Crippen LogP) is 2.84. The molecule has 0 amide bonds. The first-order valence-electron chi connectivity index (χ1n) is 6.84. The lowest BCUT2D eigenvalue weighted by Gasteiger charge is -2.13. The summed E-state index contributed by atoms with van der Waals surface area (Å²) in [5, 5.41) is 0. The van der Waals surface area contributed by atoms with E-state index < -0.39 is 0 Å². The van der Waals surface area contributed by atoms with E-state index in [2.05, 4.69) is 9.97 Å². The highest BCUT2D eigenvalue weighted by Crippen LogP contribution is 2.31. The van der Waals surface area contributed by atoms with Gasteiger partial charge in [0.15, 0.2) is 5.52 Å². The Morgan fingerprint density at radius 1 is 1.19 bits per heavy atom. The van der Waals surface area contributed by atoms with Crippen molar-refractivity contribution < 1.29 is 4.74 Å². The van der Waals surface area contributed by atoms with Crippen LogP contribution in [0.3, 0.4) is 0 Å². The molecular weight excluding hydrogens is 264 g/mol. The molecule has 108 valence electrons. The van der Waals surface area contributed by atoms with Crippen molar-refractivity contribution in [3.05, 3.63) is 47.4 Å². The molecule has 3 aromatic rings. The van der Waals surface area contributed by atoms with Crippen molar-refractivity contribution in [1.82, 2.24) is 14.5 Å². The van der Waals surface area contributed by atoms with Crippen LogP contribution in [0.25, 0.3) is 11.0 Å². The molecule has 0 unspecified atom stereocenters. The normalized spacial score (nSPS) is 11.0. The lowest BCUT2D eigenvalue weighted by molar-refractivity contribution is 0.461. The number of nitrogens with zero attached hydrogens (tertiary/aromatic N) is 3. The first-order chi connectivity index (χ1) is 10.1. The minimum absolute atomic E-state index is 0.524. The fourth-order valence-electron chi connectivity index (χ4n) is 2.53. The molecule has 2 N–H and O–H groups in total. The SMILES string of the molecule is Cc1cc(CN)cc(C)c1Oc1nccc2c1ncn2C. The maximum Gasteiger partial charge on any atom is 0.247 e. The molecule has 5 nitrogen and oxygen atoms in total. The Morgan fingerprint density at radius 2 is 1.90 bits per heavy atom. The number of imidazole rings is 1. The van der Waals surface area contributed by atoms with E-state index in [4.69, 9.17) is 10.5 Å². The molecule has 0 bridgehead atoms. The van der Waals surface area contributed by atoms with E-state index in [1.165, 1.54) is 0 Å². The van der Waals surface area contributed by atoms with E-state index in [-0.39, 0.29) is 0 Å². The minimum Gasteiger partial charge on any atom is -0.436 e. The van der Waals surface area contributed by atoms with Gasteiger partial charge in [0, 0.05) is 19.8 Å². The van der Waals surface area contributed by atoms with Gasteiger partial charge in [0.05, 0.1) is 11.8 Å². The Bertz CT molecular complexity index is 784. The summed E-state index contributed by atoms with van der Waals surface area (Å²) >= 11 is 0. The fraction of sp³-hybridized carbons (Fsp3) is 0.250. The number of aryl methyl sites for hydroxylation is 3. The summed E-state index contributed by atoms with van der Waals surface area (Å²) in [6.45, 7) is 4.55. The van der Waals surface area contributed by atoms with Gasteiger partial charge in [-0.25, -0.2) is 9.97 Å². The van der Waals surface area contributed by atoms with Crippen LogP contribution in [0.15, 0.2) is 30.7 Å². The Balaban J connectivity index is 2.07. The number of ether oxygens (including phenoxy) is 1. The van der Waals surface area contributed by atoms with Gasteiger partial charge >= 0.3 is 0 Å². The molecule has 0 fully saturated rings. The molecule has 2 aromatic heterocycles. The highest BCUT2D eigenvalue weighted by molar-refractivity contribution is 5.80. The molecule has 1 aromatic carbocycles. The maximum absolute atomic E-state index is 6.04. The zero-order valence-electron chi connectivity index (χ0n) is 12.4. The molecule has 0 atom stereocenters. The largest absolute Gasteiger partial charge is 0.436 e. The summed E-state index contributed by atoms with van der Waals surface area (Å²) in [7, 11) is 1.95. The van der Waals surface area contributed by atoms with Crippen LogP contribution in [-0.2, 0) is 13.6 Å². The lowest BCUT2D eigenvalue weighted by atomic mass is 10.1. The molecule has 0 aliphatic carbocycles. The molecule has 21 heavy (non-hydrogen) atoms. The van der Waals surface area contributed by atoms with E-state index in [0.29, 0.717) is 12.4 Å². The van der Waals surface area contributed by atoms with E-state index in [1.54, 1.807) is 12.5 Å². The van der Waals surface area contributed by atoms with E-state index in [9.17, 15) is 0 Å². The number of hydrogen-bond donors (Lipinski definition) is 1. The molecular formula is C16H18N4O. The number of aromatic nitrogens is 3. The van der Waals surface area contributed by atoms with Gasteiger partial charge in [-0.15, -0.1) is 0 Å². The van der Waals surface area contributed by atoms with Gasteiger partial charge in [0.25, 0.3) is 0 Å². The highest BCUT2D eigenvalue weighted by Gasteiger charge is 2.12. The van der Waals surface area contributed by atoms with Gasteiger partial charge in [-0.05, 0) is 36.6 Å². The maximum atomic E-state index is 6.04.